The first-order valence-electron chi connectivity index (χ1n) is 5.02. The fourth-order valence-electron chi connectivity index (χ4n) is 1.28. The van der Waals surface area contributed by atoms with Crippen LogP contribution in [0.5, 0.6) is 0 Å². The Labute approximate surface area is 85.2 Å². The van der Waals surface area contributed by atoms with Crippen LogP contribution in [-0.4, -0.2) is 23.6 Å². The lowest BCUT2D eigenvalue weighted by Gasteiger charge is -2.17. The minimum Gasteiger partial charge on any atom is -0.384 e. The summed E-state index contributed by atoms with van der Waals surface area (Å²) in [6.45, 7) is 3.22. The standard InChI is InChI=1S/C10H18N4/c1-3-4-5-6-14(2)10-7-9(11)12-8-13-10/h7-8H,3-6H2,1-2H3,(H2,11,12,13). The smallest absolute Gasteiger partial charge is 0.133 e. The maximum absolute atomic E-state index is 5.57. The van der Waals surface area contributed by atoms with E-state index >= 15 is 0 Å². The molecule has 0 aromatic carbocycles. The molecular formula is C10H18N4. The Balaban J connectivity index is 2.47. The molecule has 0 saturated heterocycles. The molecule has 0 fully saturated rings. The van der Waals surface area contributed by atoms with E-state index in [-0.39, 0.29) is 0 Å². The Morgan fingerprint density at radius 2 is 2.14 bits per heavy atom. The molecule has 0 radical (unpaired) electrons. The molecule has 1 heterocycles. The molecule has 0 aliphatic heterocycles. The fraction of sp³-hybridized carbons (Fsp3) is 0.600. The Hall–Kier alpha value is -1.32. The van der Waals surface area contributed by atoms with Gasteiger partial charge in [0.05, 0.1) is 0 Å². The summed E-state index contributed by atoms with van der Waals surface area (Å²) in [6, 6.07) is 1.80. The van der Waals surface area contributed by atoms with Crippen molar-refractivity contribution in [3.63, 3.8) is 0 Å². The van der Waals surface area contributed by atoms with E-state index in [4.69, 9.17) is 5.73 Å². The topological polar surface area (TPSA) is 55.0 Å². The van der Waals surface area contributed by atoms with E-state index in [1.54, 1.807) is 6.07 Å². The number of anilines is 2. The van der Waals surface area contributed by atoms with Gasteiger partial charge < -0.3 is 10.6 Å². The molecule has 0 unspecified atom stereocenters. The predicted molar refractivity (Wildman–Crippen MR) is 59.2 cm³/mol. The molecule has 0 amide bonds. The van der Waals surface area contributed by atoms with Gasteiger partial charge in [-0.05, 0) is 6.42 Å². The second-order valence-electron chi connectivity index (χ2n) is 3.43. The highest BCUT2D eigenvalue weighted by Gasteiger charge is 2.01. The van der Waals surface area contributed by atoms with Crippen LogP contribution in [0.25, 0.3) is 0 Å². The predicted octanol–water partition coefficient (Wildman–Crippen LogP) is 1.69. The molecular weight excluding hydrogens is 176 g/mol. The van der Waals surface area contributed by atoms with Crippen LogP contribution in [0.1, 0.15) is 26.2 Å². The van der Waals surface area contributed by atoms with Crippen molar-refractivity contribution in [1.29, 1.82) is 0 Å². The first kappa shape index (κ1) is 10.8. The summed E-state index contributed by atoms with van der Waals surface area (Å²) in [7, 11) is 2.03. The van der Waals surface area contributed by atoms with Crippen molar-refractivity contribution in [3.8, 4) is 0 Å². The van der Waals surface area contributed by atoms with E-state index in [1.807, 2.05) is 7.05 Å². The molecule has 0 aliphatic rings. The normalized spacial score (nSPS) is 10.1. The van der Waals surface area contributed by atoms with Crippen LogP contribution in [0.15, 0.2) is 12.4 Å². The summed E-state index contributed by atoms with van der Waals surface area (Å²) in [6.07, 6.45) is 5.18. The van der Waals surface area contributed by atoms with Gasteiger partial charge in [-0.2, -0.15) is 0 Å². The Bertz CT molecular complexity index is 275. The van der Waals surface area contributed by atoms with E-state index < -0.39 is 0 Å². The number of nitrogen functional groups attached to an aromatic ring is 1. The van der Waals surface area contributed by atoms with Gasteiger partial charge in [-0.3, -0.25) is 0 Å². The third kappa shape index (κ3) is 3.20. The van der Waals surface area contributed by atoms with Gasteiger partial charge in [-0.15, -0.1) is 0 Å². The third-order valence-electron chi connectivity index (χ3n) is 2.16. The van der Waals surface area contributed by atoms with Gasteiger partial charge in [0.1, 0.15) is 18.0 Å². The second-order valence-corrected chi connectivity index (χ2v) is 3.43. The van der Waals surface area contributed by atoms with Gasteiger partial charge in [0.2, 0.25) is 0 Å². The summed E-state index contributed by atoms with van der Waals surface area (Å²) < 4.78 is 0. The van der Waals surface area contributed by atoms with Crippen molar-refractivity contribution in [2.24, 2.45) is 0 Å². The number of aromatic nitrogens is 2. The van der Waals surface area contributed by atoms with Crippen LogP contribution in [0.4, 0.5) is 11.6 Å². The van der Waals surface area contributed by atoms with Crippen LogP contribution < -0.4 is 10.6 Å². The highest BCUT2D eigenvalue weighted by atomic mass is 15.2. The Morgan fingerprint density at radius 3 is 2.79 bits per heavy atom. The van der Waals surface area contributed by atoms with E-state index in [2.05, 4.69) is 21.8 Å². The summed E-state index contributed by atoms with van der Waals surface area (Å²) in [5.74, 6) is 1.42. The third-order valence-corrected chi connectivity index (χ3v) is 2.16. The van der Waals surface area contributed by atoms with E-state index in [0.717, 1.165) is 12.4 Å². The van der Waals surface area contributed by atoms with Crippen LogP contribution in [0.3, 0.4) is 0 Å². The van der Waals surface area contributed by atoms with Gasteiger partial charge in [-0.1, -0.05) is 19.8 Å². The Kier molecular flexibility index (Phi) is 4.16. The first-order chi connectivity index (χ1) is 6.74. The summed E-state index contributed by atoms with van der Waals surface area (Å²) in [5.41, 5.74) is 5.57. The highest BCUT2D eigenvalue weighted by molar-refractivity contribution is 5.44. The van der Waals surface area contributed by atoms with Crippen LogP contribution in [0, 0.1) is 0 Å². The van der Waals surface area contributed by atoms with Crippen LogP contribution in [-0.2, 0) is 0 Å². The Morgan fingerprint density at radius 1 is 1.36 bits per heavy atom. The van der Waals surface area contributed by atoms with Crippen molar-refractivity contribution in [2.75, 3.05) is 24.2 Å². The lowest BCUT2D eigenvalue weighted by atomic mass is 10.2. The van der Waals surface area contributed by atoms with Crippen molar-refractivity contribution < 1.29 is 0 Å². The number of nitrogens with two attached hydrogens (primary N) is 1. The van der Waals surface area contributed by atoms with Gasteiger partial charge in [0.25, 0.3) is 0 Å². The SMILES string of the molecule is CCCCCN(C)c1cc(N)ncn1. The fourth-order valence-corrected chi connectivity index (χ4v) is 1.28. The average molecular weight is 194 g/mol. The van der Waals surface area contributed by atoms with Crippen molar-refractivity contribution >= 4 is 11.6 Å². The minimum absolute atomic E-state index is 0.525. The zero-order chi connectivity index (χ0) is 10.4. The van der Waals surface area contributed by atoms with E-state index in [1.165, 1.54) is 25.6 Å². The average Bonchev–Trinajstić information content (AvgIpc) is 2.18. The van der Waals surface area contributed by atoms with Gasteiger partial charge >= 0.3 is 0 Å². The monoisotopic (exact) mass is 194 g/mol. The molecule has 0 aliphatic carbocycles. The number of rotatable bonds is 5. The molecule has 78 valence electrons. The molecule has 0 spiro atoms. The largest absolute Gasteiger partial charge is 0.384 e. The molecule has 14 heavy (non-hydrogen) atoms. The molecule has 0 atom stereocenters. The molecule has 0 bridgehead atoms. The number of nitrogens with zero attached hydrogens (tertiary/aromatic N) is 3. The van der Waals surface area contributed by atoms with Crippen LogP contribution >= 0.6 is 0 Å². The molecule has 1 rings (SSSR count). The van der Waals surface area contributed by atoms with E-state index in [9.17, 15) is 0 Å². The van der Waals surface area contributed by atoms with Crippen LogP contribution in [0.2, 0.25) is 0 Å². The van der Waals surface area contributed by atoms with Gasteiger partial charge in [-0.25, -0.2) is 9.97 Å². The maximum Gasteiger partial charge on any atom is 0.133 e. The molecule has 1 aromatic heterocycles. The lowest BCUT2D eigenvalue weighted by Crippen LogP contribution is -2.19. The highest BCUT2D eigenvalue weighted by Crippen LogP contribution is 2.10. The number of unbranched alkanes of at least 4 members (excludes halogenated alkanes) is 2. The minimum atomic E-state index is 0.525. The second kappa shape index (κ2) is 5.42. The lowest BCUT2D eigenvalue weighted by molar-refractivity contribution is 0.701. The number of hydrogen-bond acceptors (Lipinski definition) is 4. The van der Waals surface area contributed by atoms with Gasteiger partial charge in [0, 0.05) is 19.7 Å². The molecule has 0 saturated carbocycles. The molecule has 4 heteroatoms. The number of hydrogen-bond donors (Lipinski definition) is 1. The zero-order valence-corrected chi connectivity index (χ0v) is 8.90. The zero-order valence-electron chi connectivity index (χ0n) is 8.90. The summed E-state index contributed by atoms with van der Waals surface area (Å²) in [5, 5.41) is 0. The maximum atomic E-state index is 5.57. The van der Waals surface area contributed by atoms with E-state index in [0.29, 0.717) is 5.82 Å². The molecule has 2 N–H and O–H groups in total. The molecule has 1 aromatic rings. The molecule has 4 nitrogen and oxygen atoms in total. The first-order valence-corrected chi connectivity index (χ1v) is 5.02. The van der Waals surface area contributed by atoms with Crippen molar-refractivity contribution in [2.45, 2.75) is 26.2 Å². The summed E-state index contributed by atoms with van der Waals surface area (Å²) >= 11 is 0. The quantitative estimate of drug-likeness (QED) is 0.725. The van der Waals surface area contributed by atoms with Crippen molar-refractivity contribution in [3.05, 3.63) is 12.4 Å². The summed E-state index contributed by atoms with van der Waals surface area (Å²) in [4.78, 5) is 10.1. The van der Waals surface area contributed by atoms with Crippen molar-refractivity contribution in [1.82, 2.24) is 9.97 Å². The van der Waals surface area contributed by atoms with Gasteiger partial charge in [0.15, 0.2) is 0 Å².